The van der Waals surface area contributed by atoms with Gasteiger partial charge in [0.05, 0.1) is 24.6 Å². The fourth-order valence-corrected chi connectivity index (χ4v) is 5.49. The molecule has 1 fully saturated rings. The Morgan fingerprint density at radius 3 is 2.39 bits per heavy atom. The number of hydrogen-bond acceptors (Lipinski definition) is 8. The molecule has 3 aromatic rings. The number of carbonyl (C=O) groups is 2. The van der Waals surface area contributed by atoms with Crippen molar-refractivity contribution in [2.24, 2.45) is 5.41 Å². The van der Waals surface area contributed by atoms with Crippen molar-refractivity contribution in [1.82, 2.24) is 20.2 Å². The Morgan fingerprint density at radius 1 is 0.957 bits per heavy atom. The summed E-state index contributed by atoms with van der Waals surface area (Å²) in [6, 6.07) is 7.43. The Kier molecular flexibility index (Phi) is 10.5. The molecule has 46 heavy (non-hydrogen) atoms. The van der Waals surface area contributed by atoms with Gasteiger partial charge in [-0.25, -0.2) is 18.7 Å². The zero-order valence-electron chi connectivity index (χ0n) is 26.3. The third-order valence-electron chi connectivity index (χ3n) is 8.50. The fourth-order valence-electron chi connectivity index (χ4n) is 5.49. The molecule has 1 heterocycles. The average molecular weight is 636 g/mol. The maximum Gasteiger partial charge on any atom is 0.240 e. The molecule has 0 radical (unpaired) electrons. The Morgan fingerprint density at radius 2 is 1.74 bits per heavy atom. The predicted octanol–water partition coefficient (Wildman–Crippen LogP) is 6.44. The summed E-state index contributed by atoms with van der Waals surface area (Å²) in [5.41, 5.74) is -0.0163. The normalized spacial score (nSPS) is 15.4. The quantitative estimate of drug-likeness (QED) is 0.154. The first-order valence-electron chi connectivity index (χ1n) is 15.6. The molecule has 0 bridgehead atoms. The maximum absolute atomic E-state index is 15.3. The summed E-state index contributed by atoms with van der Waals surface area (Å²) in [6.07, 6.45) is 6.96. The minimum absolute atomic E-state index is 0.115. The van der Waals surface area contributed by atoms with E-state index in [4.69, 9.17) is 14.2 Å². The first kappa shape index (κ1) is 32.8. The van der Waals surface area contributed by atoms with E-state index in [0.717, 1.165) is 32.1 Å². The number of halogens is 2. The first-order valence-corrected chi connectivity index (χ1v) is 15.6. The number of aromatic nitrogens is 2. The molecule has 0 unspecified atom stereocenters. The largest absolute Gasteiger partial charge is 0.493 e. The van der Waals surface area contributed by atoms with Crippen LogP contribution in [0.4, 0.5) is 14.5 Å². The molecular formula is C34H39F2N5O5. The molecular weight excluding hydrogens is 596 g/mol. The third kappa shape index (κ3) is 7.28. The third-order valence-corrected chi connectivity index (χ3v) is 8.50. The van der Waals surface area contributed by atoms with Crippen LogP contribution in [0.3, 0.4) is 0 Å². The van der Waals surface area contributed by atoms with Crippen LogP contribution >= 0.6 is 0 Å². The second kappa shape index (κ2) is 14.7. The number of fused-ring (bicyclic) bond motifs is 1. The van der Waals surface area contributed by atoms with Crippen LogP contribution in [0.2, 0.25) is 0 Å². The van der Waals surface area contributed by atoms with E-state index >= 15 is 4.39 Å². The topological polar surface area (TPSA) is 115 Å². The number of ether oxygens (including phenoxy) is 3. The maximum atomic E-state index is 15.3. The van der Waals surface area contributed by atoms with Gasteiger partial charge in [-0.1, -0.05) is 20.3 Å². The number of rotatable bonds is 14. The second-order valence-corrected chi connectivity index (χ2v) is 11.3. The summed E-state index contributed by atoms with van der Waals surface area (Å²) in [5.74, 6) is -0.973. The number of nitrogens with one attached hydrogen (secondary N) is 2. The van der Waals surface area contributed by atoms with Crippen molar-refractivity contribution in [3.05, 3.63) is 66.2 Å². The summed E-state index contributed by atoms with van der Waals surface area (Å²) in [5, 5.41) is 5.95. The number of amides is 2. The standard InChI is InChI=1S/C34H39F2N5O5/c1-4-41(5-2)16-7-17-45-30-20-27-25(19-29(30)44-3)31(38-21-37-27)46-28-13-12-24(18-26(28)36)40-33(43)34(14-6-15-34)32(42)39-23-10-8-22(35)9-11-23/h8,10,12-13,18-21H,4-7,9,11,14-17H2,1-3H3,(H,39,42)(H,40,43). The van der Waals surface area contributed by atoms with Gasteiger partial charge in [0.2, 0.25) is 17.7 Å². The van der Waals surface area contributed by atoms with Gasteiger partial charge in [-0.05, 0) is 69.1 Å². The summed E-state index contributed by atoms with van der Waals surface area (Å²) >= 11 is 0. The smallest absolute Gasteiger partial charge is 0.240 e. The molecule has 1 saturated carbocycles. The SMILES string of the molecule is CCN(CC)CCCOc1cc2ncnc(Oc3ccc(NC(=O)C4(C(=O)NC5=CC=C(F)CC5)CCC4)cc3F)c2cc1OC. The van der Waals surface area contributed by atoms with Crippen LogP contribution in [0.25, 0.3) is 10.9 Å². The van der Waals surface area contributed by atoms with Gasteiger partial charge in [-0.2, -0.15) is 0 Å². The van der Waals surface area contributed by atoms with Gasteiger partial charge in [0.1, 0.15) is 17.6 Å². The number of allylic oxidation sites excluding steroid dienone is 4. The predicted molar refractivity (Wildman–Crippen MR) is 170 cm³/mol. The van der Waals surface area contributed by atoms with E-state index in [1.165, 1.54) is 37.7 Å². The van der Waals surface area contributed by atoms with Gasteiger partial charge in [0, 0.05) is 36.5 Å². The van der Waals surface area contributed by atoms with Crippen LogP contribution in [0.5, 0.6) is 23.1 Å². The van der Waals surface area contributed by atoms with E-state index < -0.39 is 23.0 Å². The lowest BCUT2D eigenvalue weighted by atomic mass is 9.67. The molecule has 0 saturated heterocycles. The number of methoxy groups -OCH3 is 1. The molecule has 2 aliphatic carbocycles. The highest BCUT2D eigenvalue weighted by molar-refractivity contribution is 6.11. The fraction of sp³-hybridized carbons (Fsp3) is 0.412. The summed E-state index contributed by atoms with van der Waals surface area (Å²) in [4.78, 5) is 37.2. The molecule has 2 amide bonds. The first-order chi connectivity index (χ1) is 22.3. The molecule has 0 atom stereocenters. The van der Waals surface area contributed by atoms with E-state index in [0.29, 0.717) is 60.4 Å². The number of hydrogen-bond donors (Lipinski definition) is 2. The molecule has 12 heteroatoms. The van der Waals surface area contributed by atoms with Crippen molar-refractivity contribution in [2.45, 2.75) is 52.4 Å². The van der Waals surface area contributed by atoms with Gasteiger partial charge < -0.3 is 29.7 Å². The van der Waals surface area contributed by atoms with E-state index in [1.54, 1.807) is 12.1 Å². The highest BCUT2D eigenvalue weighted by Gasteiger charge is 2.51. The Balaban J connectivity index is 1.26. The molecule has 2 N–H and O–H groups in total. The molecule has 2 aromatic carbocycles. The van der Waals surface area contributed by atoms with Crippen molar-refractivity contribution in [3.63, 3.8) is 0 Å². The van der Waals surface area contributed by atoms with Crippen molar-refractivity contribution < 1.29 is 32.6 Å². The molecule has 0 aliphatic heterocycles. The highest BCUT2D eigenvalue weighted by atomic mass is 19.1. The van der Waals surface area contributed by atoms with Crippen LogP contribution in [0.15, 0.2) is 60.3 Å². The molecule has 0 spiro atoms. The lowest BCUT2D eigenvalue weighted by Crippen LogP contribution is -2.53. The monoisotopic (exact) mass is 635 g/mol. The van der Waals surface area contributed by atoms with Gasteiger partial charge in [0.25, 0.3) is 0 Å². The van der Waals surface area contributed by atoms with Gasteiger partial charge >= 0.3 is 0 Å². The van der Waals surface area contributed by atoms with Crippen LogP contribution in [-0.4, -0.2) is 60.0 Å². The minimum Gasteiger partial charge on any atom is -0.493 e. The number of carbonyl (C=O) groups excluding carboxylic acids is 2. The van der Waals surface area contributed by atoms with E-state index in [-0.39, 0.29) is 29.6 Å². The average Bonchev–Trinajstić information content (AvgIpc) is 3.02. The van der Waals surface area contributed by atoms with Gasteiger partial charge in [-0.15, -0.1) is 0 Å². The van der Waals surface area contributed by atoms with Crippen LogP contribution in [-0.2, 0) is 9.59 Å². The Labute approximate surface area is 266 Å². The summed E-state index contributed by atoms with van der Waals surface area (Å²) in [7, 11) is 1.53. The summed E-state index contributed by atoms with van der Waals surface area (Å²) < 4.78 is 46.0. The van der Waals surface area contributed by atoms with E-state index in [1.807, 2.05) is 0 Å². The molecule has 10 nitrogen and oxygen atoms in total. The lowest BCUT2D eigenvalue weighted by molar-refractivity contribution is -0.145. The molecule has 5 rings (SSSR count). The Hall–Kier alpha value is -4.58. The van der Waals surface area contributed by atoms with Gasteiger partial charge in [0.15, 0.2) is 23.1 Å². The zero-order chi connectivity index (χ0) is 32.7. The highest BCUT2D eigenvalue weighted by Crippen LogP contribution is 2.43. The Bertz CT molecular complexity index is 1650. The van der Waals surface area contributed by atoms with E-state index in [2.05, 4.69) is 39.3 Å². The van der Waals surface area contributed by atoms with Crippen molar-refractivity contribution in [3.8, 4) is 23.1 Å². The van der Waals surface area contributed by atoms with Crippen LogP contribution in [0, 0.1) is 11.2 Å². The second-order valence-electron chi connectivity index (χ2n) is 11.3. The lowest BCUT2D eigenvalue weighted by Gasteiger charge is -2.38. The molecule has 244 valence electrons. The number of nitrogens with zero attached hydrogens (tertiary/aromatic N) is 3. The number of benzene rings is 2. The summed E-state index contributed by atoms with van der Waals surface area (Å²) in [6.45, 7) is 7.64. The van der Waals surface area contributed by atoms with Gasteiger partial charge in [-0.3, -0.25) is 9.59 Å². The minimum atomic E-state index is -1.28. The van der Waals surface area contributed by atoms with Crippen molar-refractivity contribution >= 4 is 28.4 Å². The van der Waals surface area contributed by atoms with Crippen LogP contribution < -0.4 is 24.8 Å². The molecule has 1 aromatic heterocycles. The van der Waals surface area contributed by atoms with E-state index in [9.17, 15) is 14.0 Å². The van der Waals surface area contributed by atoms with Crippen molar-refractivity contribution in [2.75, 3.05) is 38.7 Å². The molecule has 2 aliphatic rings. The zero-order valence-corrected chi connectivity index (χ0v) is 26.3. The number of anilines is 1. The van der Waals surface area contributed by atoms with Crippen LogP contribution in [0.1, 0.15) is 52.4 Å². The van der Waals surface area contributed by atoms with Crippen molar-refractivity contribution in [1.29, 1.82) is 0 Å².